The molecule has 0 fully saturated rings. The van der Waals surface area contributed by atoms with Crippen molar-refractivity contribution in [3.05, 3.63) is 65.2 Å². The molecule has 0 saturated carbocycles. The highest BCUT2D eigenvalue weighted by Gasteiger charge is 2.20. The smallest absolute Gasteiger partial charge is 0.131 e. The Labute approximate surface area is 139 Å². The fourth-order valence-electron chi connectivity index (χ4n) is 2.36. The summed E-state index contributed by atoms with van der Waals surface area (Å²) in [5, 5.41) is 10.2. The second kappa shape index (κ2) is 7.64. The van der Waals surface area contributed by atoms with E-state index >= 15 is 0 Å². The molecule has 0 spiro atoms. The summed E-state index contributed by atoms with van der Waals surface area (Å²) in [6.07, 6.45) is 0.608. The van der Waals surface area contributed by atoms with Crippen molar-refractivity contribution < 1.29 is 8.78 Å². The minimum atomic E-state index is -0.589. The molecule has 1 unspecified atom stereocenters. The number of benzene rings is 1. The molecule has 0 bridgehead atoms. The Morgan fingerprint density at radius 3 is 2.79 bits per heavy atom. The van der Waals surface area contributed by atoms with Crippen molar-refractivity contribution in [1.82, 2.24) is 9.99 Å². The maximum absolute atomic E-state index is 12.9. The van der Waals surface area contributed by atoms with E-state index in [2.05, 4.69) is 27.2 Å². The third kappa shape index (κ3) is 4.13. The summed E-state index contributed by atoms with van der Waals surface area (Å²) in [6, 6.07) is 11.4. The number of alkyl halides is 1. The van der Waals surface area contributed by atoms with Crippen LogP contribution in [0.1, 0.15) is 29.4 Å². The maximum atomic E-state index is 12.9. The molecule has 1 aromatic carbocycles. The number of rotatable bonds is 4. The number of halogens is 2. The average Bonchev–Trinajstić information content (AvgIpc) is 3.08. The Kier molecular flexibility index (Phi) is 5.12. The molecule has 0 radical (unpaired) electrons. The summed E-state index contributed by atoms with van der Waals surface area (Å²) in [5.74, 6) is 5.68. The monoisotopic (exact) mass is 326 g/mol. The summed E-state index contributed by atoms with van der Waals surface area (Å²) >= 11 is 0. The third-order valence-corrected chi connectivity index (χ3v) is 3.61. The number of pyridine rings is 1. The van der Waals surface area contributed by atoms with Crippen molar-refractivity contribution in [3.63, 3.8) is 0 Å². The van der Waals surface area contributed by atoms with Crippen LogP contribution in [0.15, 0.2) is 52.8 Å². The highest BCUT2D eigenvalue weighted by Crippen LogP contribution is 2.24. The van der Waals surface area contributed by atoms with Gasteiger partial charge in [0.05, 0.1) is 12.2 Å². The predicted octanol–water partition coefficient (Wildman–Crippen LogP) is 3.86. The summed E-state index contributed by atoms with van der Waals surface area (Å²) in [7, 11) is 0. The molecule has 0 N–H and O–H groups in total. The Hall–Kier alpha value is -2.81. The zero-order valence-electron chi connectivity index (χ0n) is 13.0. The zero-order chi connectivity index (χ0) is 16.8. The van der Waals surface area contributed by atoms with Crippen molar-refractivity contribution in [3.8, 4) is 11.8 Å². The van der Waals surface area contributed by atoms with Gasteiger partial charge in [-0.25, -0.2) is 13.8 Å². The summed E-state index contributed by atoms with van der Waals surface area (Å²) in [5.41, 5.74) is 1.90. The zero-order valence-corrected chi connectivity index (χ0v) is 13.0. The van der Waals surface area contributed by atoms with Gasteiger partial charge in [-0.15, -0.1) is 0 Å². The van der Waals surface area contributed by atoms with Gasteiger partial charge in [0.2, 0.25) is 0 Å². The molecule has 122 valence electrons. The van der Waals surface area contributed by atoms with Crippen LogP contribution in [0.4, 0.5) is 8.78 Å². The first-order valence-corrected chi connectivity index (χ1v) is 7.66. The Bertz CT molecular complexity index is 778. The van der Waals surface area contributed by atoms with Crippen molar-refractivity contribution in [1.29, 1.82) is 0 Å². The molecule has 1 atom stereocenters. The molecule has 24 heavy (non-hydrogen) atoms. The standard InChI is InChI=1S/C18H16F2N4/c19-12-17-6-3-5-16(21-17)4-1-2-11-24-13-18(22-23-24)14-7-9-15(20)10-8-14/h3,5-10,18H,2,11-13H2. The van der Waals surface area contributed by atoms with Gasteiger partial charge in [0.1, 0.15) is 24.2 Å². The van der Waals surface area contributed by atoms with Crippen molar-refractivity contribution in [2.45, 2.75) is 19.1 Å². The van der Waals surface area contributed by atoms with E-state index in [0.29, 0.717) is 30.9 Å². The molecule has 6 heteroatoms. The van der Waals surface area contributed by atoms with Gasteiger partial charge < -0.3 is 0 Å². The number of hydrogen-bond acceptors (Lipinski definition) is 4. The number of aromatic nitrogens is 1. The lowest BCUT2D eigenvalue weighted by Gasteiger charge is -2.12. The highest BCUT2D eigenvalue weighted by molar-refractivity contribution is 5.28. The minimum absolute atomic E-state index is 0.0681. The van der Waals surface area contributed by atoms with Crippen molar-refractivity contribution >= 4 is 0 Å². The second-order valence-corrected chi connectivity index (χ2v) is 5.38. The summed E-state index contributed by atoms with van der Waals surface area (Å²) < 4.78 is 25.5. The van der Waals surface area contributed by atoms with E-state index in [9.17, 15) is 8.78 Å². The van der Waals surface area contributed by atoms with Crippen LogP contribution in [0.5, 0.6) is 0 Å². The molecule has 2 heterocycles. The Balaban J connectivity index is 1.49. The van der Waals surface area contributed by atoms with Crippen LogP contribution in [-0.2, 0) is 6.67 Å². The van der Waals surface area contributed by atoms with E-state index in [4.69, 9.17) is 0 Å². The maximum Gasteiger partial charge on any atom is 0.131 e. The quantitative estimate of drug-likeness (QED) is 0.801. The number of hydrogen-bond donors (Lipinski definition) is 0. The van der Waals surface area contributed by atoms with Gasteiger partial charge in [-0.3, -0.25) is 5.01 Å². The lowest BCUT2D eigenvalue weighted by atomic mass is 10.1. The molecular formula is C18H16F2N4. The van der Waals surface area contributed by atoms with Crippen LogP contribution in [0.25, 0.3) is 0 Å². The lowest BCUT2D eigenvalue weighted by Crippen LogP contribution is -2.18. The largest absolute Gasteiger partial charge is 0.275 e. The van der Waals surface area contributed by atoms with E-state index in [-0.39, 0.29) is 11.9 Å². The van der Waals surface area contributed by atoms with Crippen LogP contribution in [0.3, 0.4) is 0 Å². The molecule has 4 nitrogen and oxygen atoms in total. The first kappa shape index (κ1) is 16.1. The lowest BCUT2D eigenvalue weighted by molar-refractivity contribution is 0.317. The van der Waals surface area contributed by atoms with Gasteiger partial charge in [-0.1, -0.05) is 29.3 Å². The topological polar surface area (TPSA) is 40.9 Å². The van der Waals surface area contributed by atoms with Crippen LogP contribution in [0.2, 0.25) is 0 Å². The van der Waals surface area contributed by atoms with E-state index in [1.54, 1.807) is 30.3 Å². The molecule has 1 aromatic heterocycles. The average molecular weight is 326 g/mol. The van der Waals surface area contributed by atoms with Crippen LogP contribution in [0, 0.1) is 17.7 Å². The molecule has 1 aliphatic rings. The number of nitrogens with zero attached hydrogens (tertiary/aromatic N) is 4. The van der Waals surface area contributed by atoms with E-state index < -0.39 is 6.67 Å². The Morgan fingerprint density at radius 1 is 1.17 bits per heavy atom. The molecule has 3 rings (SSSR count). The first-order valence-electron chi connectivity index (χ1n) is 7.66. The highest BCUT2D eigenvalue weighted by atomic mass is 19.1. The van der Waals surface area contributed by atoms with Gasteiger partial charge >= 0.3 is 0 Å². The van der Waals surface area contributed by atoms with Crippen LogP contribution in [-0.4, -0.2) is 23.1 Å². The van der Waals surface area contributed by atoms with E-state index in [1.807, 2.05) is 5.01 Å². The second-order valence-electron chi connectivity index (χ2n) is 5.38. The summed E-state index contributed by atoms with van der Waals surface area (Å²) in [4.78, 5) is 4.08. The normalized spacial score (nSPS) is 16.1. The van der Waals surface area contributed by atoms with Gasteiger partial charge in [-0.05, 0) is 35.7 Å². The molecule has 0 aliphatic carbocycles. The SMILES string of the molecule is FCc1cccc(C#CCCN2CC(c3ccc(F)cc3)N=N2)n1. The van der Waals surface area contributed by atoms with Gasteiger partial charge in [0.15, 0.2) is 0 Å². The fourth-order valence-corrected chi connectivity index (χ4v) is 2.36. The van der Waals surface area contributed by atoms with Gasteiger partial charge in [0.25, 0.3) is 0 Å². The van der Waals surface area contributed by atoms with Crippen molar-refractivity contribution in [2.75, 3.05) is 13.1 Å². The van der Waals surface area contributed by atoms with Crippen LogP contribution >= 0.6 is 0 Å². The van der Waals surface area contributed by atoms with E-state index in [0.717, 1.165) is 5.56 Å². The van der Waals surface area contributed by atoms with Gasteiger partial charge in [-0.2, -0.15) is 5.11 Å². The molecule has 2 aromatic rings. The van der Waals surface area contributed by atoms with Gasteiger partial charge in [0, 0.05) is 13.0 Å². The molecule has 0 saturated heterocycles. The van der Waals surface area contributed by atoms with E-state index in [1.165, 1.54) is 12.1 Å². The molecule has 1 aliphatic heterocycles. The fraction of sp³-hybridized carbons (Fsp3) is 0.278. The predicted molar refractivity (Wildman–Crippen MR) is 86.1 cm³/mol. The van der Waals surface area contributed by atoms with Crippen molar-refractivity contribution in [2.24, 2.45) is 10.3 Å². The summed E-state index contributed by atoms with van der Waals surface area (Å²) in [6.45, 7) is 0.717. The van der Waals surface area contributed by atoms with Crippen LogP contribution < -0.4 is 0 Å². The minimum Gasteiger partial charge on any atom is -0.275 e. The third-order valence-electron chi connectivity index (χ3n) is 3.61. The Morgan fingerprint density at radius 2 is 2.00 bits per heavy atom. The first-order chi connectivity index (χ1) is 11.7. The molecular weight excluding hydrogens is 310 g/mol. The molecule has 0 amide bonds.